The molecule has 0 atom stereocenters. The predicted molar refractivity (Wildman–Crippen MR) is 79.2 cm³/mol. The first kappa shape index (κ1) is 15.1. The number of phenols is 1. The summed E-state index contributed by atoms with van der Waals surface area (Å²) in [5, 5.41) is 10.2. The molecule has 1 N–H and O–H groups in total. The van der Waals surface area contributed by atoms with Crippen LogP contribution < -0.4 is 0 Å². The summed E-state index contributed by atoms with van der Waals surface area (Å²) in [6, 6.07) is 6.16. The fourth-order valence-electron chi connectivity index (χ4n) is 2.32. The van der Waals surface area contributed by atoms with E-state index in [-0.39, 0.29) is 0 Å². The lowest BCUT2D eigenvalue weighted by Crippen LogP contribution is -1.94. The van der Waals surface area contributed by atoms with E-state index >= 15 is 0 Å². The monoisotopic (exact) mass is 248 g/mol. The Balaban J connectivity index is 2.45. The first-order valence-corrected chi connectivity index (χ1v) is 7.33. The number of aromatic hydroxyl groups is 1. The van der Waals surface area contributed by atoms with E-state index < -0.39 is 0 Å². The summed E-state index contributed by atoms with van der Waals surface area (Å²) in [6.45, 7) is 8.80. The van der Waals surface area contributed by atoms with Crippen LogP contribution in [0.25, 0.3) is 0 Å². The van der Waals surface area contributed by atoms with Gasteiger partial charge in [0, 0.05) is 0 Å². The van der Waals surface area contributed by atoms with Crippen molar-refractivity contribution in [3.8, 4) is 5.75 Å². The SMILES string of the molecule is CC(C)CCCCCc1cccc(C(C)C)c1O. The second kappa shape index (κ2) is 7.45. The Hall–Kier alpha value is -0.980. The van der Waals surface area contributed by atoms with E-state index in [9.17, 15) is 5.11 Å². The van der Waals surface area contributed by atoms with Gasteiger partial charge in [-0.15, -0.1) is 0 Å². The molecule has 0 saturated carbocycles. The number of para-hydroxylation sites is 1. The summed E-state index contributed by atoms with van der Waals surface area (Å²) in [5.41, 5.74) is 2.19. The van der Waals surface area contributed by atoms with Crippen molar-refractivity contribution in [3.05, 3.63) is 29.3 Å². The number of aryl methyl sites for hydroxylation is 1. The van der Waals surface area contributed by atoms with Crippen LogP contribution in [0.3, 0.4) is 0 Å². The van der Waals surface area contributed by atoms with Crippen LogP contribution in [0.2, 0.25) is 0 Å². The highest BCUT2D eigenvalue weighted by atomic mass is 16.3. The second-order valence-electron chi connectivity index (χ2n) is 6.00. The molecule has 0 fully saturated rings. The van der Waals surface area contributed by atoms with Gasteiger partial charge in [-0.3, -0.25) is 0 Å². The van der Waals surface area contributed by atoms with E-state index in [0.29, 0.717) is 11.7 Å². The Kier molecular flexibility index (Phi) is 6.24. The minimum Gasteiger partial charge on any atom is -0.507 e. The average Bonchev–Trinajstić information content (AvgIpc) is 2.30. The van der Waals surface area contributed by atoms with E-state index in [2.05, 4.69) is 39.8 Å². The summed E-state index contributed by atoms with van der Waals surface area (Å²) in [5.74, 6) is 1.73. The van der Waals surface area contributed by atoms with Crippen LogP contribution in [-0.2, 0) is 6.42 Å². The molecule has 1 aromatic rings. The third kappa shape index (κ3) is 4.72. The number of phenolic OH excluding ortho intramolecular Hbond substituents is 1. The zero-order valence-corrected chi connectivity index (χ0v) is 12.4. The van der Waals surface area contributed by atoms with Crippen molar-refractivity contribution in [2.24, 2.45) is 5.92 Å². The van der Waals surface area contributed by atoms with Gasteiger partial charge in [-0.25, -0.2) is 0 Å². The molecule has 0 spiro atoms. The average molecular weight is 248 g/mol. The summed E-state index contributed by atoms with van der Waals surface area (Å²) in [7, 11) is 0. The lowest BCUT2D eigenvalue weighted by Gasteiger charge is -2.12. The highest BCUT2D eigenvalue weighted by Gasteiger charge is 2.09. The van der Waals surface area contributed by atoms with E-state index in [0.717, 1.165) is 23.5 Å². The van der Waals surface area contributed by atoms with Gasteiger partial charge in [0.25, 0.3) is 0 Å². The van der Waals surface area contributed by atoms with E-state index in [1.54, 1.807) is 0 Å². The summed E-state index contributed by atoms with van der Waals surface area (Å²) >= 11 is 0. The normalized spacial score (nSPS) is 11.4. The molecule has 0 amide bonds. The molecule has 0 unspecified atom stereocenters. The molecule has 1 heteroatoms. The van der Waals surface area contributed by atoms with Crippen molar-refractivity contribution in [2.75, 3.05) is 0 Å². The molecule has 0 bridgehead atoms. The molecule has 0 heterocycles. The quantitative estimate of drug-likeness (QED) is 0.651. The molecule has 1 rings (SSSR count). The number of rotatable bonds is 7. The highest BCUT2D eigenvalue weighted by molar-refractivity contribution is 5.42. The lowest BCUT2D eigenvalue weighted by atomic mass is 9.96. The maximum absolute atomic E-state index is 10.2. The molecule has 0 aliphatic carbocycles. The van der Waals surface area contributed by atoms with Gasteiger partial charge in [0.05, 0.1) is 0 Å². The Morgan fingerprint density at radius 2 is 1.72 bits per heavy atom. The van der Waals surface area contributed by atoms with Crippen LogP contribution >= 0.6 is 0 Å². The molecule has 0 saturated heterocycles. The minimum atomic E-state index is 0.394. The van der Waals surface area contributed by atoms with Crippen molar-refractivity contribution in [1.29, 1.82) is 0 Å². The molecule has 1 aromatic carbocycles. The zero-order chi connectivity index (χ0) is 13.5. The lowest BCUT2D eigenvalue weighted by molar-refractivity contribution is 0.455. The standard InChI is InChI=1S/C17H28O/c1-13(2)9-6-5-7-10-15-11-8-12-16(14(3)4)17(15)18/h8,11-14,18H,5-7,9-10H2,1-4H3. The number of hydrogen-bond acceptors (Lipinski definition) is 1. The number of unbranched alkanes of at least 4 members (excludes halogenated alkanes) is 2. The van der Waals surface area contributed by atoms with Gasteiger partial charge < -0.3 is 5.11 Å². The molecule has 18 heavy (non-hydrogen) atoms. The van der Waals surface area contributed by atoms with Crippen molar-refractivity contribution < 1.29 is 5.11 Å². The maximum Gasteiger partial charge on any atom is 0.122 e. The Morgan fingerprint density at radius 1 is 1.00 bits per heavy atom. The molecule has 1 nitrogen and oxygen atoms in total. The number of hydrogen-bond donors (Lipinski definition) is 1. The van der Waals surface area contributed by atoms with E-state index in [1.165, 1.54) is 25.7 Å². The summed E-state index contributed by atoms with van der Waals surface area (Å²) in [4.78, 5) is 0. The Bertz CT molecular complexity index is 353. The Labute approximate surface area is 112 Å². The first-order chi connectivity index (χ1) is 8.52. The number of benzene rings is 1. The van der Waals surface area contributed by atoms with Crippen molar-refractivity contribution in [3.63, 3.8) is 0 Å². The van der Waals surface area contributed by atoms with Crippen molar-refractivity contribution >= 4 is 0 Å². The molecule has 0 aliphatic heterocycles. The van der Waals surface area contributed by atoms with Crippen LogP contribution in [0.5, 0.6) is 5.75 Å². The van der Waals surface area contributed by atoms with Crippen LogP contribution in [0.1, 0.15) is 70.4 Å². The molecular formula is C17H28O. The second-order valence-corrected chi connectivity index (χ2v) is 6.00. The smallest absolute Gasteiger partial charge is 0.122 e. The van der Waals surface area contributed by atoms with Gasteiger partial charge in [-0.05, 0) is 35.8 Å². The van der Waals surface area contributed by atoms with Gasteiger partial charge in [0.15, 0.2) is 0 Å². The van der Waals surface area contributed by atoms with Crippen LogP contribution in [0.4, 0.5) is 0 Å². The van der Waals surface area contributed by atoms with Gasteiger partial charge >= 0.3 is 0 Å². The van der Waals surface area contributed by atoms with Gasteiger partial charge in [-0.2, -0.15) is 0 Å². The fraction of sp³-hybridized carbons (Fsp3) is 0.647. The van der Waals surface area contributed by atoms with Crippen LogP contribution in [0.15, 0.2) is 18.2 Å². The minimum absolute atomic E-state index is 0.394. The zero-order valence-electron chi connectivity index (χ0n) is 12.4. The third-order valence-electron chi connectivity index (χ3n) is 3.50. The Morgan fingerprint density at radius 3 is 2.33 bits per heavy atom. The van der Waals surface area contributed by atoms with Gasteiger partial charge in [-0.1, -0.05) is 65.2 Å². The van der Waals surface area contributed by atoms with E-state index in [4.69, 9.17) is 0 Å². The van der Waals surface area contributed by atoms with Gasteiger partial charge in [0.2, 0.25) is 0 Å². The van der Waals surface area contributed by atoms with Crippen LogP contribution in [-0.4, -0.2) is 5.11 Å². The van der Waals surface area contributed by atoms with Gasteiger partial charge in [0.1, 0.15) is 5.75 Å². The predicted octanol–water partition coefficient (Wildman–Crippen LogP) is 5.27. The first-order valence-electron chi connectivity index (χ1n) is 7.33. The fourth-order valence-corrected chi connectivity index (χ4v) is 2.32. The summed E-state index contributed by atoms with van der Waals surface area (Å²) in [6.07, 6.45) is 6.08. The molecule has 0 radical (unpaired) electrons. The maximum atomic E-state index is 10.2. The van der Waals surface area contributed by atoms with Crippen LogP contribution in [0, 0.1) is 5.92 Å². The molecule has 102 valence electrons. The molecule has 0 aliphatic rings. The largest absolute Gasteiger partial charge is 0.507 e. The molecule has 0 aromatic heterocycles. The highest BCUT2D eigenvalue weighted by Crippen LogP contribution is 2.29. The summed E-state index contributed by atoms with van der Waals surface area (Å²) < 4.78 is 0. The molecular weight excluding hydrogens is 220 g/mol. The van der Waals surface area contributed by atoms with Crippen molar-refractivity contribution in [1.82, 2.24) is 0 Å². The van der Waals surface area contributed by atoms with Crippen molar-refractivity contribution in [2.45, 2.75) is 65.7 Å². The third-order valence-corrected chi connectivity index (χ3v) is 3.50. The van der Waals surface area contributed by atoms with E-state index in [1.807, 2.05) is 6.07 Å². The topological polar surface area (TPSA) is 20.2 Å².